The molecule has 0 aliphatic carbocycles. The van der Waals surface area contributed by atoms with E-state index in [4.69, 9.17) is 16.3 Å². The van der Waals surface area contributed by atoms with Gasteiger partial charge in [0.05, 0.1) is 11.6 Å². The molecule has 0 amide bonds. The Bertz CT molecular complexity index is 428. The third kappa shape index (κ3) is 3.53. The van der Waals surface area contributed by atoms with Gasteiger partial charge in [0.1, 0.15) is 11.6 Å². The number of rotatable bonds is 5. The van der Waals surface area contributed by atoms with E-state index in [9.17, 15) is 9.59 Å². The molecule has 0 N–H and O–H groups in total. The molecule has 4 nitrogen and oxygen atoms in total. The molecular weight excluding hydrogens is 254 g/mol. The van der Waals surface area contributed by atoms with Crippen LogP contribution in [0.1, 0.15) is 31.3 Å². The SMILES string of the molecule is CCOC(=O)C(C(=O)c1ccc(Cl)cn1)C(C)C. The van der Waals surface area contributed by atoms with E-state index < -0.39 is 11.9 Å². The van der Waals surface area contributed by atoms with Gasteiger partial charge in [-0.3, -0.25) is 14.6 Å². The van der Waals surface area contributed by atoms with Gasteiger partial charge < -0.3 is 4.74 Å². The summed E-state index contributed by atoms with van der Waals surface area (Å²) >= 11 is 5.71. The van der Waals surface area contributed by atoms with Crippen LogP contribution in [0.25, 0.3) is 0 Å². The van der Waals surface area contributed by atoms with E-state index in [1.807, 2.05) is 0 Å². The molecular formula is C13H16ClNO3. The second-order valence-electron chi connectivity index (χ2n) is 4.20. The van der Waals surface area contributed by atoms with Crippen LogP contribution in [0.2, 0.25) is 5.02 Å². The Kier molecular flexibility index (Phi) is 5.28. The zero-order chi connectivity index (χ0) is 13.7. The molecule has 1 aromatic heterocycles. The number of hydrogen-bond acceptors (Lipinski definition) is 4. The molecule has 1 rings (SSSR count). The third-order valence-corrected chi connectivity index (χ3v) is 2.69. The van der Waals surface area contributed by atoms with E-state index in [1.165, 1.54) is 12.3 Å². The number of nitrogens with zero attached hydrogens (tertiary/aromatic N) is 1. The maximum atomic E-state index is 12.2. The highest BCUT2D eigenvalue weighted by Gasteiger charge is 2.32. The van der Waals surface area contributed by atoms with E-state index in [1.54, 1.807) is 26.8 Å². The summed E-state index contributed by atoms with van der Waals surface area (Å²) in [6.45, 7) is 5.56. The van der Waals surface area contributed by atoms with Crippen LogP contribution in [-0.2, 0) is 9.53 Å². The number of pyridine rings is 1. The average molecular weight is 270 g/mol. The van der Waals surface area contributed by atoms with Crippen LogP contribution >= 0.6 is 11.6 Å². The zero-order valence-corrected chi connectivity index (χ0v) is 11.4. The van der Waals surface area contributed by atoms with E-state index in [-0.39, 0.29) is 24.0 Å². The first-order valence-electron chi connectivity index (χ1n) is 5.79. The van der Waals surface area contributed by atoms with E-state index in [0.29, 0.717) is 5.02 Å². The molecule has 0 aliphatic heterocycles. The van der Waals surface area contributed by atoms with E-state index >= 15 is 0 Å². The van der Waals surface area contributed by atoms with Gasteiger partial charge in [0.2, 0.25) is 0 Å². The number of aromatic nitrogens is 1. The van der Waals surface area contributed by atoms with Crippen LogP contribution in [0.15, 0.2) is 18.3 Å². The Morgan fingerprint density at radius 3 is 2.50 bits per heavy atom. The van der Waals surface area contributed by atoms with Crippen LogP contribution in [0.4, 0.5) is 0 Å². The lowest BCUT2D eigenvalue weighted by Gasteiger charge is -2.17. The first kappa shape index (κ1) is 14.6. The lowest BCUT2D eigenvalue weighted by atomic mass is 9.90. The molecule has 1 heterocycles. The van der Waals surface area contributed by atoms with Crippen LogP contribution < -0.4 is 0 Å². The molecule has 1 aromatic rings. The summed E-state index contributed by atoms with van der Waals surface area (Å²) in [6, 6.07) is 3.09. The van der Waals surface area contributed by atoms with Gasteiger partial charge in [-0.05, 0) is 25.0 Å². The largest absolute Gasteiger partial charge is 0.465 e. The van der Waals surface area contributed by atoms with Gasteiger partial charge in [-0.15, -0.1) is 0 Å². The molecule has 0 spiro atoms. The van der Waals surface area contributed by atoms with Crippen molar-refractivity contribution in [3.8, 4) is 0 Å². The van der Waals surface area contributed by atoms with Crippen molar-refractivity contribution < 1.29 is 14.3 Å². The lowest BCUT2D eigenvalue weighted by Crippen LogP contribution is -2.31. The molecule has 0 saturated heterocycles. The van der Waals surface area contributed by atoms with E-state index in [2.05, 4.69) is 4.98 Å². The van der Waals surface area contributed by atoms with Gasteiger partial charge in [0, 0.05) is 6.20 Å². The van der Waals surface area contributed by atoms with Gasteiger partial charge in [-0.2, -0.15) is 0 Å². The standard InChI is InChI=1S/C13H16ClNO3/c1-4-18-13(17)11(8(2)3)12(16)10-6-5-9(14)7-15-10/h5-8,11H,4H2,1-3H3. The Balaban J connectivity index is 2.96. The molecule has 18 heavy (non-hydrogen) atoms. The number of halogens is 1. The molecule has 0 aliphatic rings. The quantitative estimate of drug-likeness (QED) is 0.469. The number of esters is 1. The second-order valence-corrected chi connectivity index (χ2v) is 4.64. The monoisotopic (exact) mass is 269 g/mol. The van der Waals surface area contributed by atoms with Crippen molar-refractivity contribution in [3.05, 3.63) is 29.0 Å². The fraction of sp³-hybridized carbons (Fsp3) is 0.462. The fourth-order valence-corrected chi connectivity index (χ4v) is 1.71. The normalized spacial score (nSPS) is 12.3. The van der Waals surface area contributed by atoms with Gasteiger partial charge in [0.15, 0.2) is 5.78 Å². The number of Topliss-reactive ketones (excluding diaryl/α,β-unsaturated/α-hetero) is 1. The minimum absolute atomic E-state index is 0.144. The zero-order valence-electron chi connectivity index (χ0n) is 10.6. The minimum atomic E-state index is -0.821. The molecule has 0 radical (unpaired) electrons. The van der Waals surface area contributed by atoms with Crippen molar-refractivity contribution in [2.45, 2.75) is 20.8 Å². The van der Waals surface area contributed by atoms with Crippen LogP contribution in [-0.4, -0.2) is 23.3 Å². The topological polar surface area (TPSA) is 56.3 Å². The third-order valence-electron chi connectivity index (χ3n) is 2.47. The number of carbonyl (C=O) groups is 2. The molecule has 5 heteroatoms. The molecule has 1 atom stereocenters. The predicted molar refractivity (Wildman–Crippen MR) is 68.5 cm³/mol. The molecule has 98 valence electrons. The smallest absolute Gasteiger partial charge is 0.317 e. The maximum absolute atomic E-state index is 12.2. The molecule has 0 bridgehead atoms. The Labute approximate surface area is 111 Å². The summed E-state index contributed by atoms with van der Waals surface area (Å²) in [5.41, 5.74) is 0.228. The Morgan fingerprint density at radius 2 is 2.06 bits per heavy atom. The highest BCUT2D eigenvalue weighted by Crippen LogP contribution is 2.19. The Morgan fingerprint density at radius 1 is 1.39 bits per heavy atom. The van der Waals surface area contributed by atoms with Crippen LogP contribution in [0.5, 0.6) is 0 Å². The van der Waals surface area contributed by atoms with Crippen molar-refractivity contribution in [1.82, 2.24) is 4.98 Å². The first-order chi connectivity index (χ1) is 8.47. The predicted octanol–water partition coefficient (Wildman–Crippen LogP) is 2.75. The minimum Gasteiger partial charge on any atom is -0.465 e. The van der Waals surface area contributed by atoms with Crippen molar-refractivity contribution in [2.24, 2.45) is 11.8 Å². The summed E-state index contributed by atoms with van der Waals surface area (Å²) in [5.74, 6) is -1.80. The van der Waals surface area contributed by atoms with Gasteiger partial charge >= 0.3 is 5.97 Å². The van der Waals surface area contributed by atoms with Crippen LogP contribution in [0.3, 0.4) is 0 Å². The van der Waals surface area contributed by atoms with Gasteiger partial charge in [-0.1, -0.05) is 25.4 Å². The van der Waals surface area contributed by atoms with Crippen molar-refractivity contribution in [3.63, 3.8) is 0 Å². The molecule has 1 unspecified atom stereocenters. The Hall–Kier alpha value is -1.42. The van der Waals surface area contributed by atoms with Crippen LogP contribution in [0, 0.1) is 11.8 Å². The lowest BCUT2D eigenvalue weighted by molar-refractivity contribution is -0.147. The van der Waals surface area contributed by atoms with Gasteiger partial charge in [0.25, 0.3) is 0 Å². The summed E-state index contributed by atoms with van der Waals surface area (Å²) in [6.07, 6.45) is 1.39. The van der Waals surface area contributed by atoms with Crippen molar-refractivity contribution >= 4 is 23.4 Å². The number of ether oxygens (including phenoxy) is 1. The summed E-state index contributed by atoms with van der Waals surface area (Å²) < 4.78 is 4.92. The van der Waals surface area contributed by atoms with Gasteiger partial charge in [-0.25, -0.2) is 0 Å². The molecule has 0 saturated carbocycles. The fourth-order valence-electron chi connectivity index (χ4n) is 1.59. The van der Waals surface area contributed by atoms with E-state index in [0.717, 1.165) is 0 Å². The molecule has 0 aromatic carbocycles. The first-order valence-corrected chi connectivity index (χ1v) is 6.17. The second kappa shape index (κ2) is 6.50. The summed E-state index contributed by atoms with van der Waals surface area (Å²) in [4.78, 5) is 27.9. The van der Waals surface area contributed by atoms with Crippen molar-refractivity contribution in [2.75, 3.05) is 6.61 Å². The maximum Gasteiger partial charge on any atom is 0.317 e. The average Bonchev–Trinajstić information content (AvgIpc) is 2.29. The summed E-state index contributed by atoms with van der Waals surface area (Å²) in [7, 11) is 0. The number of hydrogen-bond donors (Lipinski definition) is 0. The molecule has 0 fully saturated rings. The highest BCUT2D eigenvalue weighted by molar-refractivity contribution is 6.30. The summed E-state index contributed by atoms with van der Waals surface area (Å²) in [5, 5.41) is 0.448. The van der Waals surface area contributed by atoms with Crippen molar-refractivity contribution in [1.29, 1.82) is 0 Å². The number of carbonyl (C=O) groups excluding carboxylic acids is 2. The number of ketones is 1. The highest BCUT2D eigenvalue weighted by atomic mass is 35.5.